The number of hydrogen-bond donors (Lipinski definition) is 0. The maximum atomic E-state index is 10.6. The lowest BCUT2D eigenvalue weighted by atomic mass is 10.3. The predicted molar refractivity (Wildman–Crippen MR) is 33.6 cm³/mol. The van der Waals surface area contributed by atoms with Crippen molar-refractivity contribution in [2.45, 2.75) is 6.92 Å². The number of carbonyl (C=O) groups is 1. The molecule has 5 heteroatoms. The molecule has 0 N–H and O–H groups in total. The van der Waals surface area contributed by atoms with Gasteiger partial charge in [0.1, 0.15) is 12.8 Å². The fourth-order valence-corrected chi connectivity index (χ4v) is 0.539. The van der Waals surface area contributed by atoms with Crippen molar-refractivity contribution in [2.75, 3.05) is 7.11 Å². The first-order valence-electron chi connectivity index (χ1n) is 2.63. The van der Waals surface area contributed by atoms with Crippen LogP contribution in [0.1, 0.15) is 6.92 Å². The summed E-state index contributed by atoms with van der Waals surface area (Å²) in [4.78, 5) is 19.3. The summed E-state index contributed by atoms with van der Waals surface area (Å²) in [5.74, 6) is -0.570. The van der Waals surface area contributed by atoms with E-state index in [4.69, 9.17) is 0 Å². The van der Waals surface area contributed by atoms with E-state index in [2.05, 4.69) is 20.0 Å². The predicted octanol–water partition coefficient (Wildman–Crippen LogP) is -0.0785. The highest BCUT2D eigenvalue weighted by Gasteiger charge is 2.24. The second-order valence-corrected chi connectivity index (χ2v) is 1.68. The lowest BCUT2D eigenvalue weighted by Gasteiger charge is -1.88. The van der Waals surface area contributed by atoms with Crippen LogP contribution in [0.5, 0.6) is 0 Å². The van der Waals surface area contributed by atoms with Crippen molar-refractivity contribution in [3.63, 3.8) is 0 Å². The molecular weight excluding hydrogens is 136 g/mol. The largest absolute Gasteiger partial charge is 0.398 e. The van der Waals surface area contributed by atoms with Gasteiger partial charge in [-0.2, -0.15) is 0 Å². The SMILES string of the molecule is CON=C1C(=O)ON=C1C. The van der Waals surface area contributed by atoms with Gasteiger partial charge in [-0.15, -0.1) is 0 Å². The Morgan fingerprint density at radius 2 is 2.40 bits per heavy atom. The molecule has 10 heavy (non-hydrogen) atoms. The molecule has 0 aromatic carbocycles. The summed E-state index contributed by atoms with van der Waals surface area (Å²) in [5.41, 5.74) is 0.564. The molecule has 0 bridgehead atoms. The third kappa shape index (κ3) is 0.975. The molecule has 1 rings (SSSR count). The molecule has 0 aromatic rings. The van der Waals surface area contributed by atoms with Crippen LogP contribution in [0.25, 0.3) is 0 Å². The minimum atomic E-state index is -0.570. The molecule has 0 amide bonds. The highest BCUT2D eigenvalue weighted by Crippen LogP contribution is 1.99. The summed E-state index contributed by atoms with van der Waals surface area (Å²) < 4.78 is 0. The summed E-state index contributed by atoms with van der Waals surface area (Å²) >= 11 is 0. The van der Waals surface area contributed by atoms with Crippen molar-refractivity contribution < 1.29 is 14.5 Å². The average Bonchev–Trinajstić information content (AvgIpc) is 2.20. The van der Waals surface area contributed by atoms with Crippen molar-refractivity contribution in [1.82, 2.24) is 0 Å². The van der Waals surface area contributed by atoms with E-state index in [1.165, 1.54) is 7.11 Å². The number of oxime groups is 2. The fraction of sp³-hybridized carbons (Fsp3) is 0.400. The monoisotopic (exact) mass is 142 g/mol. The second-order valence-electron chi connectivity index (χ2n) is 1.68. The van der Waals surface area contributed by atoms with Gasteiger partial charge in [-0.05, 0) is 6.92 Å². The Labute approximate surface area is 57.3 Å². The normalized spacial score (nSPS) is 20.8. The zero-order valence-electron chi connectivity index (χ0n) is 5.62. The molecule has 1 heterocycles. The zero-order valence-corrected chi connectivity index (χ0v) is 5.62. The van der Waals surface area contributed by atoms with Gasteiger partial charge in [-0.1, -0.05) is 10.3 Å². The van der Waals surface area contributed by atoms with E-state index < -0.39 is 5.97 Å². The Bertz CT molecular complexity index is 219. The maximum absolute atomic E-state index is 10.6. The zero-order chi connectivity index (χ0) is 7.56. The third-order valence-electron chi connectivity index (χ3n) is 0.984. The first-order valence-corrected chi connectivity index (χ1v) is 2.63. The van der Waals surface area contributed by atoms with Crippen LogP contribution >= 0.6 is 0 Å². The van der Waals surface area contributed by atoms with Crippen LogP contribution in [-0.2, 0) is 14.5 Å². The number of nitrogens with zero attached hydrogens (tertiary/aromatic N) is 2. The Morgan fingerprint density at radius 1 is 1.70 bits per heavy atom. The summed E-state index contributed by atoms with van der Waals surface area (Å²) in [5, 5.41) is 6.77. The van der Waals surface area contributed by atoms with Gasteiger partial charge in [0.05, 0.1) is 0 Å². The average molecular weight is 142 g/mol. The van der Waals surface area contributed by atoms with Gasteiger partial charge in [0.15, 0.2) is 0 Å². The Kier molecular flexibility index (Phi) is 1.66. The molecule has 0 saturated heterocycles. The molecule has 0 unspecified atom stereocenters. The van der Waals surface area contributed by atoms with Crippen LogP contribution in [0.3, 0.4) is 0 Å². The molecule has 0 spiro atoms. The van der Waals surface area contributed by atoms with E-state index in [1.54, 1.807) is 6.92 Å². The Hall–Kier alpha value is -1.39. The van der Waals surface area contributed by atoms with Gasteiger partial charge in [0, 0.05) is 0 Å². The van der Waals surface area contributed by atoms with Crippen LogP contribution in [0.2, 0.25) is 0 Å². The van der Waals surface area contributed by atoms with Gasteiger partial charge in [0.2, 0.25) is 5.71 Å². The standard InChI is InChI=1S/C5H6N2O3/c1-3-4(7-9-2)5(8)10-6-3/h1-2H3. The van der Waals surface area contributed by atoms with E-state index in [9.17, 15) is 4.79 Å². The lowest BCUT2D eigenvalue weighted by molar-refractivity contribution is -0.134. The molecule has 0 saturated carbocycles. The van der Waals surface area contributed by atoms with E-state index in [0.717, 1.165) is 0 Å². The van der Waals surface area contributed by atoms with E-state index in [-0.39, 0.29) is 5.71 Å². The van der Waals surface area contributed by atoms with E-state index >= 15 is 0 Å². The molecule has 0 atom stereocenters. The van der Waals surface area contributed by atoms with Crippen LogP contribution in [-0.4, -0.2) is 24.5 Å². The molecular formula is C5H6N2O3. The first kappa shape index (κ1) is 6.73. The Morgan fingerprint density at radius 3 is 2.80 bits per heavy atom. The highest BCUT2D eigenvalue weighted by molar-refractivity contribution is 6.66. The fourth-order valence-electron chi connectivity index (χ4n) is 0.539. The van der Waals surface area contributed by atoms with Crippen LogP contribution in [0.15, 0.2) is 10.3 Å². The van der Waals surface area contributed by atoms with Crippen LogP contribution in [0.4, 0.5) is 0 Å². The summed E-state index contributed by atoms with van der Waals surface area (Å²) in [6, 6.07) is 0. The number of rotatable bonds is 1. The van der Waals surface area contributed by atoms with Crippen LogP contribution in [0, 0.1) is 0 Å². The van der Waals surface area contributed by atoms with Crippen molar-refractivity contribution in [3.8, 4) is 0 Å². The molecule has 0 radical (unpaired) electrons. The minimum Gasteiger partial charge on any atom is -0.398 e. The molecule has 1 aliphatic heterocycles. The van der Waals surface area contributed by atoms with Crippen molar-refractivity contribution in [1.29, 1.82) is 0 Å². The maximum Gasteiger partial charge on any atom is 0.389 e. The smallest absolute Gasteiger partial charge is 0.389 e. The molecule has 54 valence electrons. The highest BCUT2D eigenvalue weighted by atomic mass is 16.7. The van der Waals surface area contributed by atoms with Gasteiger partial charge in [-0.3, -0.25) is 0 Å². The third-order valence-corrected chi connectivity index (χ3v) is 0.984. The van der Waals surface area contributed by atoms with Gasteiger partial charge >= 0.3 is 5.97 Å². The number of hydrogen-bond acceptors (Lipinski definition) is 5. The molecule has 5 nitrogen and oxygen atoms in total. The minimum absolute atomic E-state index is 0.127. The topological polar surface area (TPSA) is 60.2 Å². The van der Waals surface area contributed by atoms with Crippen molar-refractivity contribution >= 4 is 17.4 Å². The summed E-state index contributed by atoms with van der Waals surface area (Å²) in [6.07, 6.45) is 0. The Balaban J connectivity index is 2.84. The molecule has 0 aliphatic carbocycles. The quantitative estimate of drug-likeness (QED) is 0.380. The van der Waals surface area contributed by atoms with Crippen LogP contribution < -0.4 is 0 Å². The van der Waals surface area contributed by atoms with Gasteiger partial charge in [0.25, 0.3) is 0 Å². The molecule has 1 aliphatic rings. The van der Waals surface area contributed by atoms with E-state index in [0.29, 0.717) is 5.71 Å². The molecule has 0 aromatic heterocycles. The van der Waals surface area contributed by atoms with Crippen molar-refractivity contribution in [3.05, 3.63) is 0 Å². The van der Waals surface area contributed by atoms with Crippen molar-refractivity contribution in [2.24, 2.45) is 10.3 Å². The van der Waals surface area contributed by atoms with E-state index in [1.807, 2.05) is 0 Å². The second kappa shape index (κ2) is 2.47. The molecule has 0 fully saturated rings. The number of carbonyl (C=O) groups excluding carboxylic acids is 1. The first-order chi connectivity index (χ1) is 4.75. The van der Waals surface area contributed by atoms with Gasteiger partial charge in [-0.25, -0.2) is 4.79 Å². The van der Waals surface area contributed by atoms with Gasteiger partial charge < -0.3 is 9.68 Å². The summed E-state index contributed by atoms with van der Waals surface area (Å²) in [7, 11) is 1.35. The lowest BCUT2D eigenvalue weighted by Crippen LogP contribution is -2.15. The summed E-state index contributed by atoms with van der Waals surface area (Å²) in [6.45, 7) is 1.61.